The van der Waals surface area contributed by atoms with Gasteiger partial charge in [0, 0.05) is 12.3 Å². The molecule has 2 aliphatic heterocycles. The van der Waals surface area contributed by atoms with Crippen LogP contribution in [0.3, 0.4) is 0 Å². The Morgan fingerprint density at radius 3 is 2.64 bits per heavy atom. The highest BCUT2D eigenvalue weighted by atomic mass is 16.5. The topological polar surface area (TPSA) is 35.5 Å². The number of hydrogen-bond donors (Lipinski definition) is 0. The van der Waals surface area contributed by atoms with Crippen LogP contribution in [0.5, 0.6) is 5.75 Å². The van der Waals surface area contributed by atoms with Crippen LogP contribution < -0.4 is 4.74 Å². The molecule has 0 N–H and O–H groups in total. The monoisotopic (exact) mass is 346 g/mol. The van der Waals surface area contributed by atoms with Crippen LogP contribution in [0.2, 0.25) is 0 Å². The summed E-state index contributed by atoms with van der Waals surface area (Å²) in [6.07, 6.45) is 7.36. The molecule has 1 aromatic carbocycles. The van der Waals surface area contributed by atoms with E-state index in [0.29, 0.717) is 30.7 Å². The highest BCUT2D eigenvalue weighted by molar-refractivity contribution is 5.89. The minimum atomic E-state index is -0.211. The van der Waals surface area contributed by atoms with Gasteiger partial charge in [-0.15, -0.1) is 0 Å². The normalized spacial score (nSPS) is 28.9. The SMILES string of the molecule is CCCOc1ccc(C(=O)OC[C@@H]2CCC[N@+]3(C)CCCC[C@H]23)cc1. The molecule has 2 heterocycles. The molecule has 4 nitrogen and oxygen atoms in total. The first-order chi connectivity index (χ1) is 12.1. The molecule has 0 unspecified atom stereocenters. The van der Waals surface area contributed by atoms with E-state index in [1.165, 1.54) is 49.7 Å². The van der Waals surface area contributed by atoms with Crippen molar-refractivity contribution in [2.45, 2.75) is 51.5 Å². The predicted octanol–water partition coefficient (Wildman–Crippen LogP) is 4.04. The van der Waals surface area contributed by atoms with Crippen molar-refractivity contribution >= 4 is 5.97 Å². The first-order valence-corrected chi connectivity index (χ1v) is 9.86. The third-order valence-electron chi connectivity index (χ3n) is 6.00. The second kappa shape index (κ2) is 8.22. The Morgan fingerprint density at radius 1 is 1.12 bits per heavy atom. The van der Waals surface area contributed by atoms with Gasteiger partial charge >= 0.3 is 5.97 Å². The summed E-state index contributed by atoms with van der Waals surface area (Å²) in [4.78, 5) is 12.4. The lowest BCUT2D eigenvalue weighted by Gasteiger charge is -2.51. The maximum absolute atomic E-state index is 12.4. The van der Waals surface area contributed by atoms with Crippen molar-refractivity contribution in [3.8, 4) is 5.75 Å². The first-order valence-electron chi connectivity index (χ1n) is 9.86. The Bertz CT molecular complexity index is 567. The lowest BCUT2D eigenvalue weighted by Crippen LogP contribution is -2.61. The molecule has 4 heteroatoms. The lowest BCUT2D eigenvalue weighted by atomic mass is 9.82. The van der Waals surface area contributed by atoms with Gasteiger partial charge in [0.05, 0.1) is 38.3 Å². The summed E-state index contributed by atoms with van der Waals surface area (Å²) >= 11 is 0. The first kappa shape index (κ1) is 18.2. The molecule has 0 amide bonds. The zero-order chi connectivity index (χ0) is 17.7. The summed E-state index contributed by atoms with van der Waals surface area (Å²) in [5.41, 5.74) is 0.612. The van der Waals surface area contributed by atoms with E-state index in [1.807, 2.05) is 12.1 Å². The van der Waals surface area contributed by atoms with Crippen LogP contribution in [0.1, 0.15) is 55.8 Å². The van der Waals surface area contributed by atoms with Gasteiger partial charge in [-0.3, -0.25) is 0 Å². The fourth-order valence-electron chi connectivity index (χ4n) is 4.60. The number of carbonyl (C=O) groups is 1. The van der Waals surface area contributed by atoms with E-state index in [2.05, 4.69) is 14.0 Å². The molecule has 2 aliphatic rings. The van der Waals surface area contributed by atoms with Crippen molar-refractivity contribution in [1.29, 1.82) is 0 Å². The maximum atomic E-state index is 12.4. The molecule has 2 fully saturated rings. The number of quaternary nitrogens is 1. The smallest absolute Gasteiger partial charge is 0.338 e. The summed E-state index contributed by atoms with van der Waals surface area (Å²) in [7, 11) is 2.40. The summed E-state index contributed by atoms with van der Waals surface area (Å²) in [6, 6.07) is 7.97. The van der Waals surface area contributed by atoms with Gasteiger partial charge in [-0.1, -0.05) is 6.92 Å². The number of rotatable bonds is 6. The summed E-state index contributed by atoms with van der Waals surface area (Å²) in [6.45, 7) is 5.91. The van der Waals surface area contributed by atoms with Crippen molar-refractivity contribution in [2.75, 3.05) is 33.4 Å². The van der Waals surface area contributed by atoms with E-state index in [-0.39, 0.29) is 5.97 Å². The molecule has 0 spiro atoms. The highest BCUT2D eigenvalue weighted by Crippen LogP contribution is 2.36. The standard InChI is InChI=1S/C21H32NO3/c1-3-15-24-19-11-9-17(10-12-19)21(23)25-16-18-7-6-14-22(2)13-5-4-8-20(18)22/h9-12,18,20H,3-8,13-16H2,1-2H3/q+1/t18-,20+,22-/m0/s1. The van der Waals surface area contributed by atoms with Crippen LogP contribution in [-0.2, 0) is 4.74 Å². The minimum absolute atomic E-state index is 0.211. The number of benzene rings is 1. The molecule has 0 aromatic heterocycles. The number of esters is 1. The third-order valence-corrected chi connectivity index (χ3v) is 6.00. The fraction of sp³-hybridized carbons (Fsp3) is 0.667. The molecule has 0 aliphatic carbocycles. The van der Waals surface area contributed by atoms with E-state index in [9.17, 15) is 4.79 Å². The number of carbonyl (C=O) groups excluding carboxylic acids is 1. The largest absolute Gasteiger partial charge is 0.494 e. The van der Waals surface area contributed by atoms with Crippen LogP contribution in [-0.4, -0.2) is 49.8 Å². The Kier molecular flexibility index (Phi) is 6.00. The molecule has 138 valence electrons. The van der Waals surface area contributed by atoms with Gasteiger partial charge in [0.25, 0.3) is 0 Å². The average molecular weight is 346 g/mol. The number of hydrogen-bond acceptors (Lipinski definition) is 3. The van der Waals surface area contributed by atoms with Gasteiger partial charge in [-0.2, -0.15) is 0 Å². The zero-order valence-electron chi connectivity index (χ0n) is 15.7. The molecule has 0 bridgehead atoms. The van der Waals surface area contributed by atoms with Gasteiger partial charge in [0.2, 0.25) is 0 Å². The van der Waals surface area contributed by atoms with E-state index in [1.54, 1.807) is 12.1 Å². The molecule has 3 rings (SSSR count). The number of piperidine rings is 2. The molecule has 0 radical (unpaired) electrons. The van der Waals surface area contributed by atoms with Gasteiger partial charge in [-0.05, 0) is 56.4 Å². The minimum Gasteiger partial charge on any atom is -0.494 e. The quantitative estimate of drug-likeness (QED) is 0.576. The molecular weight excluding hydrogens is 314 g/mol. The lowest BCUT2D eigenvalue weighted by molar-refractivity contribution is -0.947. The Morgan fingerprint density at radius 2 is 1.88 bits per heavy atom. The van der Waals surface area contributed by atoms with Crippen molar-refractivity contribution < 1.29 is 18.8 Å². The predicted molar refractivity (Wildman–Crippen MR) is 98.8 cm³/mol. The molecular formula is C21H32NO3+. The van der Waals surface area contributed by atoms with E-state index >= 15 is 0 Å². The van der Waals surface area contributed by atoms with Gasteiger partial charge in [0.15, 0.2) is 0 Å². The fourth-order valence-corrected chi connectivity index (χ4v) is 4.60. The Labute approximate surface area is 151 Å². The van der Waals surface area contributed by atoms with Crippen LogP contribution in [0.25, 0.3) is 0 Å². The van der Waals surface area contributed by atoms with E-state index < -0.39 is 0 Å². The Hall–Kier alpha value is -1.55. The Balaban J connectivity index is 1.54. The summed E-state index contributed by atoms with van der Waals surface area (Å²) < 4.78 is 12.4. The number of nitrogens with zero attached hydrogens (tertiary/aromatic N) is 1. The summed E-state index contributed by atoms with van der Waals surface area (Å²) in [5, 5.41) is 0. The molecule has 25 heavy (non-hydrogen) atoms. The summed E-state index contributed by atoms with van der Waals surface area (Å²) in [5.74, 6) is 1.11. The van der Waals surface area contributed by atoms with Crippen LogP contribution in [0, 0.1) is 5.92 Å². The van der Waals surface area contributed by atoms with Crippen molar-refractivity contribution in [3.63, 3.8) is 0 Å². The van der Waals surface area contributed by atoms with Crippen molar-refractivity contribution in [3.05, 3.63) is 29.8 Å². The molecule has 1 aromatic rings. The van der Waals surface area contributed by atoms with Crippen molar-refractivity contribution in [1.82, 2.24) is 0 Å². The van der Waals surface area contributed by atoms with E-state index in [0.717, 1.165) is 12.2 Å². The average Bonchev–Trinajstić information content (AvgIpc) is 2.64. The van der Waals surface area contributed by atoms with Gasteiger partial charge in [-0.25, -0.2) is 4.79 Å². The highest BCUT2D eigenvalue weighted by Gasteiger charge is 2.43. The van der Waals surface area contributed by atoms with Crippen LogP contribution in [0.4, 0.5) is 0 Å². The maximum Gasteiger partial charge on any atom is 0.338 e. The molecule has 2 saturated heterocycles. The number of ether oxygens (including phenoxy) is 2. The van der Waals surface area contributed by atoms with Crippen LogP contribution >= 0.6 is 0 Å². The second-order valence-corrected chi connectivity index (χ2v) is 7.86. The second-order valence-electron chi connectivity index (χ2n) is 7.86. The molecule has 0 saturated carbocycles. The van der Waals surface area contributed by atoms with E-state index in [4.69, 9.17) is 9.47 Å². The van der Waals surface area contributed by atoms with Gasteiger partial charge < -0.3 is 14.0 Å². The van der Waals surface area contributed by atoms with Crippen molar-refractivity contribution in [2.24, 2.45) is 5.92 Å². The van der Waals surface area contributed by atoms with Crippen LogP contribution in [0.15, 0.2) is 24.3 Å². The van der Waals surface area contributed by atoms with Gasteiger partial charge in [0.1, 0.15) is 12.4 Å². The molecule has 3 atom stereocenters. The zero-order valence-corrected chi connectivity index (χ0v) is 15.7. The third kappa shape index (κ3) is 4.35. The number of fused-ring (bicyclic) bond motifs is 1.